The van der Waals surface area contributed by atoms with Gasteiger partial charge in [-0.05, 0) is 42.2 Å². The third-order valence-corrected chi connectivity index (χ3v) is 6.39. The number of hydrogen-bond donors (Lipinski definition) is 1. The molecule has 0 unspecified atom stereocenters. The van der Waals surface area contributed by atoms with Crippen LogP contribution < -0.4 is 10.1 Å². The summed E-state index contributed by atoms with van der Waals surface area (Å²) in [4.78, 5) is 13.3. The van der Waals surface area contributed by atoms with Crippen molar-refractivity contribution in [1.82, 2.24) is 5.32 Å². The van der Waals surface area contributed by atoms with Gasteiger partial charge >= 0.3 is 0 Å². The van der Waals surface area contributed by atoms with E-state index in [1.54, 1.807) is 12.3 Å². The molecule has 5 rings (SSSR count). The average Bonchev–Trinajstić information content (AvgIpc) is 3.36. The Morgan fingerprint density at radius 1 is 0.892 bits per heavy atom. The number of allylic oxidation sites excluding steroid dienone is 1. The van der Waals surface area contributed by atoms with Crippen molar-refractivity contribution in [1.29, 1.82) is 0 Å². The van der Waals surface area contributed by atoms with Crippen molar-refractivity contribution < 1.29 is 13.9 Å². The molecular weight excluding hydrogens is 458 g/mol. The highest BCUT2D eigenvalue weighted by molar-refractivity contribution is 6.00. The van der Waals surface area contributed by atoms with E-state index in [4.69, 9.17) is 9.15 Å². The van der Waals surface area contributed by atoms with Gasteiger partial charge in [0.15, 0.2) is 0 Å². The van der Waals surface area contributed by atoms with Gasteiger partial charge in [-0.1, -0.05) is 91.0 Å². The molecule has 1 N–H and O–H groups in total. The van der Waals surface area contributed by atoms with E-state index in [0.717, 1.165) is 44.4 Å². The fourth-order valence-corrected chi connectivity index (χ4v) is 4.59. The number of rotatable bonds is 8. The second kappa shape index (κ2) is 11.0. The molecular formula is C33H29NO3. The van der Waals surface area contributed by atoms with E-state index in [1.165, 1.54) is 0 Å². The number of fused-ring (bicyclic) bond motifs is 1. The maximum atomic E-state index is 13.3. The third-order valence-electron chi connectivity index (χ3n) is 6.39. The Balaban J connectivity index is 1.50. The molecule has 4 nitrogen and oxygen atoms in total. The van der Waals surface area contributed by atoms with Gasteiger partial charge in [0.1, 0.15) is 11.3 Å². The summed E-state index contributed by atoms with van der Waals surface area (Å²) in [5.41, 5.74) is 6.54. The number of furan rings is 1. The molecule has 0 aliphatic carbocycles. The molecule has 1 aromatic heterocycles. The van der Waals surface area contributed by atoms with Gasteiger partial charge in [0.25, 0.3) is 0 Å². The first kappa shape index (κ1) is 24.1. The SMILES string of the molecule is CCOc1cc2occ(-c3ccccc3)c2cc1/C(C)=C/C(=O)NC(c1ccccc1)c1ccccc1. The van der Waals surface area contributed by atoms with E-state index < -0.39 is 0 Å². The lowest BCUT2D eigenvalue weighted by atomic mass is 9.98. The number of hydrogen-bond acceptors (Lipinski definition) is 3. The van der Waals surface area contributed by atoms with E-state index in [1.807, 2.05) is 98.8 Å². The van der Waals surface area contributed by atoms with Crippen LogP contribution in [0.4, 0.5) is 0 Å². The van der Waals surface area contributed by atoms with Gasteiger partial charge in [0, 0.05) is 28.7 Å². The molecule has 0 spiro atoms. The second-order valence-electron chi connectivity index (χ2n) is 8.88. The largest absolute Gasteiger partial charge is 0.493 e. The molecule has 0 aliphatic heterocycles. The molecule has 37 heavy (non-hydrogen) atoms. The van der Waals surface area contributed by atoms with Gasteiger partial charge in [-0.25, -0.2) is 0 Å². The van der Waals surface area contributed by atoms with Crippen LogP contribution in [0.3, 0.4) is 0 Å². The van der Waals surface area contributed by atoms with Gasteiger partial charge in [0.2, 0.25) is 5.91 Å². The standard InChI is InChI=1S/C33H29NO3/c1-3-36-30-21-31-28(29(22-37-31)24-13-7-4-8-14-24)20-27(30)23(2)19-32(35)34-33(25-15-9-5-10-16-25)26-17-11-6-12-18-26/h4-22,33H,3H2,1-2H3,(H,34,35)/b23-19+. The predicted molar refractivity (Wildman–Crippen MR) is 149 cm³/mol. The van der Waals surface area contributed by atoms with Crippen LogP contribution in [-0.4, -0.2) is 12.5 Å². The number of carbonyl (C=O) groups is 1. The zero-order valence-electron chi connectivity index (χ0n) is 21.0. The first-order chi connectivity index (χ1) is 18.1. The second-order valence-corrected chi connectivity index (χ2v) is 8.88. The quantitative estimate of drug-likeness (QED) is 0.227. The van der Waals surface area contributed by atoms with E-state index in [0.29, 0.717) is 12.4 Å². The monoisotopic (exact) mass is 487 g/mol. The number of benzene rings is 4. The Kier molecular flexibility index (Phi) is 7.18. The molecule has 4 aromatic carbocycles. The van der Waals surface area contributed by atoms with Crippen LogP contribution in [0.5, 0.6) is 5.75 Å². The van der Waals surface area contributed by atoms with E-state index in [9.17, 15) is 4.79 Å². The topological polar surface area (TPSA) is 51.5 Å². The van der Waals surface area contributed by atoms with Crippen molar-refractivity contribution in [2.75, 3.05) is 6.61 Å². The highest BCUT2D eigenvalue weighted by Crippen LogP contribution is 2.37. The maximum absolute atomic E-state index is 13.3. The van der Waals surface area contributed by atoms with Crippen LogP contribution in [-0.2, 0) is 4.79 Å². The van der Waals surface area contributed by atoms with Crippen molar-refractivity contribution in [2.45, 2.75) is 19.9 Å². The van der Waals surface area contributed by atoms with E-state index in [-0.39, 0.29) is 11.9 Å². The summed E-state index contributed by atoms with van der Waals surface area (Å²) in [6.07, 6.45) is 3.42. The highest BCUT2D eigenvalue weighted by Gasteiger charge is 2.18. The highest BCUT2D eigenvalue weighted by atomic mass is 16.5. The number of ether oxygens (including phenoxy) is 1. The van der Waals surface area contributed by atoms with Gasteiger partial charge in [-0.3, -0.25) is 4.79 Å². The number of carbonyl (C=O) groups excluding carboxylic acids is 1. The maximum Gasteiger partial charge on any atom is 0.245 e. The summed E-state index contributed by atoms with van der Waals surface area (Å²) in [5.74, 6) is 0.515. The molecule has 5 aromatic rings. The first-order valence-electron chi connectivity index (χ1n) is 12.5. The van der Waals surface area contributed by atoms with Crippen LogP contribution in [0, 0.1) is 0 Å². The number of amides is 1. The molecule has 184 valence electrons. The molecule has 0 atom stereocenters. The van der Waals surface area contributed by atoms with Gasteiger partial charge in [-0.15, -0.1) is 0 Å². The normalized spacial score (nSPS) is 11.6. The van der Waals surface area contributed by atoms with Crippen molar-refractivity contribution in [2.24, 2.45) is 0 Å². The zero-order chi connectivity index (χ0) is 25.6. The fraction of sp³-hybridized carbons (Fsp3) is 0.121. The molecule has 0 saturated heterocycles. The lowest BCUT2D eigenvalue weighted by Crippen LogP contribution is -2.27. The lowest BCUT2D eigenvalue weighted by Gasteiger charge is -2.19. The Morgan fingerprint density at radius 2 is 1.49 bits per heavy atom. The Labute approximate surface area is 217 Å². The van der Waals surface area contributed by atoms with Crippen molar-refractivity contribution in [3.8, 4) is 16.9 Å². The van der Waals surface area contributed by atoms with E-state index >= 15 is 0 Å². The minimum Gasteiger partial charge on any atom is -0.493 e. The third kappa shape index (κ3) is 5.34. The summed E-state index contributed by atoms with van der Waals surface area (Å²) in [7, 11) is 0. The summed E-state index contributed by atoms with van der Waals surface area (Å²) in [6.45, 7) is 4.39. The molecule has 4 heteroatoms. The molecule has 1 amide bonds. The van der Waals surface area contributed by atoms with Crippen LogP contribution >= 0.6 is 0 Å². The van der Waals surface area contributed by atoms with Crippen LogP contribution in [0.2, 0.25) is 0 Å². The van der Waals surface area contributed by atoms with Crippen LogP contribution in [0.25, 0.3) is 27.7 Å². The van der Waals surface area contributed by atoms with Gasteiger partial charge in [0.05, 0.1) is 18.9 Å². The van der Waals surface area contributed by atoms with Crippen molar-refractivity contribution in [3.05, 3.63) is 132 Å². The Bertz CT molecular complexity index is 1480. The van der Waals surface area contributed by atoms with Crippen molar-refractivity contribution >= 4 is 22.4 Å². The van der Waals surface area contributed by atoms with Crippen LogP contribution in [0.1, 0.15) is 36.6 Å². The van der Waals surface area contributed by atoms with E-state index in [2.05, 4.69) is 23.5 Å². The number of nitrogens with one attached hydrogen (secondary N) is 1. The molecule has 0 bridgehead atoms. The zero-order valence-corrected chi connectivity index (χ0v) is 21.0. The molecule has 0 saturated carbocycles. The minimum absolute atomic E-state index is 0.173. The van der Waals surface area contributed by atoms with Gasteiger partial charge in [-0.2, -0.15) is 0 Å². The lowest BCUT2D eigenvalue weighted by molar-refractivity contribution is -0.116. The van der Waals surface area contributed by atoms with Gasteiger partial charge < -0.3 is 14.5 Å². The summed E-state index contributed by atoms with van der Waals surface area (Å²) >= 11 is 0. The van der Waals surface area contributed by atoms with Crippen LogP contribution in [0.15, 0.2) is 120 Å². The Hall–Kier alpha value is -4.57. The molecule has 1 heterocycles. The smallest absolute Gasteiger partial charge is 0.245 e. The Morgan fingerprint density at radius 3 is 2.08 bits per heavy atom. The summed E-state index contributed by atoms with van der Waals surface area (Å²) in [6, 6.07) is 33.8. The fourth-order valence-electron chi connectivity index (χ4n) is 4.59. The average molecular weight is 488 g/mol. The minimum atomic E-state index is -0.258. The molecule has 0 radical (unpaired) electrons. The summed E-state index contributed by atoms with van der Waals surface area (Å²) < 4.78 is 11.8. The molecule has 0 fully saturated rings. The molecule has 0 aliphatic rings. The first-order valence-corrected chi connectivity index (χ1v) is 12.5. The predicted octanol–water partition coefficient (Wildman–Crippen LogP) is 7.81. The van der Waals surface area contributed by atoms with Crippen molar-refractivity contribution in [3.63, 3.8) is 0 Å². The summed E-state index contributed by atoms with van der Waals surface area (Å²) in [5, 5.41) is 4.17.